The van der Waals surface area contributed by atoms with Crippen LogP contribution >= 0.6 is 46.4 Å². The number of alkyl halides is 3. The lowest BCUT2D eigenvalue weighted by Crippen LogP contribution is -2.30. The van der Waals surface area contributed by atoms with Crippen LogP contribution in [0.15, 0.2) is 28.4 Å². The highest BCUT2D eigenvalue weighted by molar-refractivity contribution is 6.68. The predicted octanol–water partition coefficient (Wildman–Crippen LogP) is 3.89. The first-order valence-corrected chi connectivity index (χ1v) is 5.18. The average Bonchev–Trinajstić information content (AvgIpc) is 2.02. The number of halogens is 4. The fourth-order valence-corrected chi connectivity index (χ4v) is 1.65. The SMILES string of the molecule is C[C@]1(C(Cl)(Cl)Cl)C=C/C(=N/O)C(Cl)=C1. The molecule has 1 N–H and O–H groups in total. The first kappa shape index (κ1) is 12.2. The van der Waals surface area contributed by atoms with Gasteiger partial charge in [-0.25, -0.2) is 0 Å². The standard InChI is InChI=1S/C8H7Cl4NO/c1-7(8(10,11)12)3-2-6(13-14)5(9)4-7/h2-4,14H,1H3/b13-6-/t7-/m0/s1. The van der Waals surface area contributed by atoms with Crippen molar-refractivity contribution in [3.63, 3.8) is 0 Å². The van der Waals surface area contributed by atoms with Crippen LogP contribution in [0, 0.1) is 5.41 Å². The van der Waals surface area contributed by atoms with Crippen molar-refractivity contribution in [2.75, 3.05) is 0 Å². The smallest absolute Gasteiger partial charge is 0.202 e. The molecule has 0 spiro atoms. The number of nitrogens with zero attached hydrogens (tertiary/aromatic N) is 1. The molecule has 1 aliphatic carbocycles. The number of oxime groups is 1. The molecule has 2 nitrogen and oxygen atoms in total. The monoisotopic (exact) mass is 273 g/mol. The van der Waals surface area contributed by atoms with Gasteiger partial charge in [0, 0.05) is 0 Å². The van der Waals surface area contributed by atoms with E-state index in [2.05, 4.69) is 5.16 Å². The largest absolute Gasteiger partial charge is 0.410 e. The normalized spacial score (nSPS) is 30.6. The molecule has 0 aliphatic heterocycles. The molecule has 0 saturated carbocycles. The topological polar surface area (TPSA) is 32.6 Å². The van der Waals surface area contributed by atoms with Crippen LogP contribution in [0.1, 0.15) is 6.92 Å². The van der Waals surface area contributed by atoms with Crippen molar-refractivity contribution in [1.82, 2.24) is 0 Å². The molecular weight excluding hydrogens is 268 g/mol. The molecule has 0 fully saturated rings. The quantitative estimate of drug-likeness (QED) is 0.406. The van der Waals surface area contributed by atoms with Crippen molar-refractivity contribution in [1.29, 1.82) is 0 Å². The second-order valence-electron chi connectivity index (χ2n) is 3.09. The summed E-state index contributed by atoms with van der Waals surface area (Å²) in [6.07, 6.45) is 4.67. The van der Waals surface area contributed by atoms with E-state index in [1.807, 2.05) is 0 Å². The molecule has 0 saturated heterocycles. The van der Waals surface area contributed by atoms with E-state index in [1.165, 1.54) is 12.2 Å². The molecule has 78 valence electrons. The number of hydrogen-bond donors (Lipinski definition) is 1. The summed E-state index contributed by atoms with van der Waals surface area (Å²) >= 11 is 23.2. The Kier molecular flexibility index (Phi) is 3.42. The summed E-state index contributed by atoms with van der Waals surface area (Å²) in [5.41, 5.74) is -0.554. The van der Waals surface area contributed by atoms with Crippen LogP contribution in [0.5, 0.6) is 0 Å². The average molecular weight is 275 g/mol. The van der Waals surface area contributed by atoms with E-state index in [-0.39, 0.29) is 10.7 Å². The molecule has 1 atom stereocenters. The third kappa shape index (κ3) is 2.19. The number of rotatable bonds is 0. The number of allylic oxidation sites excluding steroid dienone is 4. The molecule has 0 bridgehead atoms. The van der Waals surface area contributed by atoms with Gasteiger partial charge < -0.3 is 5.21 Å². The molecule has 1 rings (SSSR count). The summed E-state index contributed by atoms with van der Waals surface area (Å²) in [4.78, 5) is 0. The van der Waals surface area contributed by atoms with Crippen LogP contribution in [-0.4, -0.2) is 14.7 Å². The summed E-state index contributed by atoms with van der Waals surface area (Å²) < 4.78 is -1.50. The van der Waals surface area contributed by atoms with Gasteiger partial charge in [-0.05, 0) is 19.1 Å². The van der Waals surface area contributed by atoms with Crippen molar-refractivity contribution in [2.24, 2.45) is 10.6 Å². The Hall–Kier alpha value is 0.110. The van der Waals surface area contributed by atoms with Crippen LogP contribution in [-0.2, 0) is 0 Å². The Balaban J connectivity index is 3.11. The van der Waals surface area contributed by atoms with Crippen LogP contribution in [0.25, 0.3) is 0 Å². The predicted molar refractivity (Wildman–Crippen MR) is 60.7 cm³/mol. The molecule has 0 aromatic carbocycles. The van der Waals surface area contributed by atoms with E-state index in [0.29, 0.717) is 0 Å². The van der Waals surface area contributed by atoms with Crippen molar-refractivity contribution in [3.8, 4) is 0 Å². The Morgan fingerprint density at radius 3 is 2.36 bits per heavy atom. The van der Waals surface area contributed by atoms with Crippen LogP contribution < -0.4 is 0 Å². The van der Waals surface area contributed by atoms with Crippen LogP contribution in [0.2, 0.25) is 0 Å². The Morgan fingerprint density at radius 2 is 2.00 bits per heavy atom. The van der Waals surface area contributed by atoms with Gasteiger partial charge in [0.2, 0.25) is 3.79 Å². The molecule has 0 amide bonds. The lowest BCUT2D eigenvalue weighted by Gasteiger charge is -2.32. The van der Waals surface area contributed by atoms with Crippen LogP contribution in [0.4, 0.5) is 0 Å². The van der Waals surface area contributed by atoms with Crippen molar-refractivity contribution in [3.05, 3.63) is 23.3 Å². The van der Waals surface area contributed by atoms with Crippen LogP contribution in [0.3, 0.4) is 0 Å². The molecule has 0 aromatic heterocycles. The second-order valence-corrected chi connectivity index (χ2v) is 5.78. The first-order valence-electron chi connectivity index (χ1n) is 3.67. The highest BCUT2D eigenvalue weighted by atomic mass is 35.6. The minimum atomic E-state index is -1.50. The van der Waals surface area contributed by atoms with Gasteiger partial charge >= 0.3 is 0 Å². The summed E-state index contributed by atoms with van der Waals surface area (Å²) in [5.74, 6) is 0. The van der Waals surface area contributed by atoms with Crippen molar-refractivity contribution >= 4 is 52.1 Å². The van der Waals surface area contributed by atoms with E-state index in [0.717, 1.165) is 0 Å². The van der Waals surface area contributed by atoms with E-state index < -0.39 is 9.21 Å². The summed E-state index contributed by atoms with van der Waals surface area (Å²) in [6.45, 7) is 1.72. The van der Waals surface area contributed by atoms with Gasteiger partial charge in [-0.15, -0.1) is 0 Å². The summed E-state index contributed by atoms with van der Waals surface area (Å²) in [5, 5.41) is 11.8. The molecule has 0 aromatic rings. The molecule has 0 heterocycles. The highest BCUT2D eigenvalue weighted by Gasteiger charge is 2.42. The fraction of sp³-hybridized carbons (Fsp3) is 0.375. The minimum absolute atomic E-state index is 0.249. The third-order valence-electron chi connectivity index (χ3n) is 1.98. The molecule has 6 heteroatoms. The Morgan fingerprint density at radius 1 is 1.43 bits per heavy atom. The number of hydrogen-bond acceptors (Lipinski definition) is 2. The Labute approximate surface area is 102 Å². The highest BCUT2D eigenvalue weighted by Crippen LogP contribution is 2.48. The van der Waals surface area contributed by atoms with Gasteiger partial charge in [0.15, 0.2) is 0 Å². The lowest BCUT2D eigenvalue weighted by atomic mass is 9.87. The molecule has 1 aliphatic rings. The van der Waals surface area contributed by atoms with Gasteiger partial charge in [-0.1, -0.05) is 57.6 Å². The molecule has 0 unspecified atom stereocenters. The maximum absolute atomic E-state index is 8.55. The summed E-state index contributed by atoms with van der Waals surface area (Å²) in [7, 11) is 0. The van der Waals surface area contributed by atoms with E-state index >= 15 is 0 Å². The van der Waals surface area contributed by atoms with Gasteiger partial charge in [0.1, 0.15) is 5.71 Å². The zero-order valence-corrected chi connectivity index (χ0v) is 10.2. The fourth-order valence-electron chi connectivity index (χ4n) is 0.974. The van der Waals surface area contributed by atoms with E-state index in [1.54, 1.807) is 13.0 Å². The van der Waals surface area contributed by atoms with Gasteiger partial charge in [0.25, 0.3) is 0 Å². The van der Waals surface area contributed by atoms with E-state index in [9.17, 15) is 0 Å². The molecule has 14 heavy (non-hydrogen) atoms. The van der Waals surface area contributed by atoms with Crippen molar-refractivity contribution in [2.45, 2.75) is 10.7 Å². The lowest BCUT2D eigenvalue weighted by molar-refractivity contribution is 0.319. The van der Waals surface area contributed by atoms with E-state index in [4.69, 9.17) is 51.6 Å². The first-order chi connectivity index (χ1) is 6.30. The van der Waals surface area contributed by atoms with Gasteiger partial charge in [-0.2, -0.15) is 0 Å². The molecular formula is C8H7Cl4NO. The second kappa shape index (κ2) is 3.93. The third-order valence-corrected chi connectivity index (χ3v) is 3.50. The van der Waals surface area contributed by atoms with Gasteiger partial charge in [-0.3, -0.25) is 0 Å². The van der Waals surface area contributed by atoms with Crippen molar-refractivity contribution < 1.29 is 5.21 Å². The maximum Gasteiger partial charge on any atom is 0.202 e. The Bertz CT molecular complexity index is 329. The molecule has 0 radical (unpaired) electrons. The zero-order valence-electron chi connectivity index (χ0n) is 7.14. The zero-order chi connectivity index (χ0) is 11.0. The summed E-state index contributed by atoms with van der Waals surface area (Å²) in [6, 6.07) is 0. The maximum atomic E-state index is 8.55. The minimum Gasteiger partial charge on any atom is -0.410 e. The van der Waals surface area contributed by atoms with Gasteiger partial charge in [0.05, 0.1) is 10.4 Å².